The van der Waals surface area contributed by atoms with Gasteiger partial charge in [-0.05, 0) is 12.1 Å². The van der Waals surface area contributed by atoms with Crippen molar-refractivity contribution < 1.29 is 18.3 Å². The lowest BCUT2D eigenvalue weighted by molar-refractivity contribution is -0.286. The van der Waals surface area contributed by atoms with Crippen LogP contribution in [0.3, 0.4) is 0 Å². The first-order valence-electron chi connectivity index (χ1n) is 4.68. The van der Waals surface area contributed by atoms with Gasteiger partial charge in [0, 0.05) is 0 Å². The summed E-state index contributed by atoms with van der Waals surface area (Å²) in [6, 6.07) is 5.03. The van der Waals surface area contributed by atoms with Gasteiger partial charge in [-0.2, -0.15) is 0 Å². The minimum atomic E-state index is -3.51. The predicted molar refractivity (Wildman–Crippen MR) is 55.6 cm³/mol. The summed E-state index contributed by atoms with van der Waals surface area (Å²) in [6.07, 6.45) is -3.51. The van der Waals surface area contributed by atoms with Crippen LogP contribution in [0.2, 0.25) is 19.6 Å². The normalized spacial score (nSPS) is 17.9. The van der Waals surface area contributed by atoms with E-state index in [1.54, 1.807) is 12.1 Å². The largest absolute Gasteiger partial charge is 0.586 e. The zero-order valence-electron chi connectivity index (χ0n) is 8.80. The molecule has 1 aliphatic rings. The average molecular weight is 230 g/mol. The summed E-state index contributed by atoms with van der Waals surface area (Å²) in [5.41, 5.74) is 0. The van der Waals surface area contributed by atoms with Crippen LogP contribution in [0.5, 0.6) is 11.5 Å². The number of fused-ring (bicyclic) bond motifs is 1. The lowest BCUT2D eigenvalue weighted by atomic mass is 10.3. The fourth-order valence-electron chi connectivity index (χ4n) is 1.42. The first-order chi connectivity index (χ1) is 6.78. The van der Waals surface area contributed by atoms with Crippen molar-refractivity contribution >= 4 is 13.3 Å². The molecule has 1 aromatic rings. The average Bonchev–Trinajstić information content (AvgIpc) is 2.34. The van der Waals surface area contributed by atoms with Crippen LogP contribution in [0.4, 0.5) is 8.78 Å². The van der Waals surface area contributed by atoms with Crippen molar-refractivity contribution in [2.24, 2.45) is 0 Å². The molecule has 0 fully saturated rings. The Morgan fingerprint density at radius 3 is 2.27 bits per heavy atom. The fourth-order valence-corrected chi connectivity index (χ4v) is 2.56. The van der Waals surface area contributed by atoms with Gasteiger partial charge in [0.05, 0.1) is 8.07 Å². The molecule has 0 saturated heterocycles. The third-order valence-electron chi connectivity index (χ3n) is 2.27. The molecule has 0 bridgehead atoms. The van der Waals surface area contributed by atoms with E-state index in [-0.39, 0.29) is 11.5 Å². The molecule has 2 rings (SSSR count). The van der Waals surface area contributed by atoms with E-state index < -0.39 is 14.4 Å². The van der Waals surface area contributed by atoms with Crippen LogP contribution in [0.15, 0.2) is 18.2 Å². The van der Waals surface area contributed by atoms with Gasteiger partial charge in [-0.15, -0.1) is 8.78 Å². The Hall–Kier alpha value is -1.10. The van der Waals surface area contributed by atoms with Crippen LogP contribution >= 0.6 is 0 Å². The summed E-state index contributed by atoms with van der Waals surface area (Å²) in [6.45, 7) is 6.42. The van der Waals surface area contributed by atoms with Crippen LogP contribution in [0, 0.1) is 0 Å². The minimum absolute atomic E-state index is 0.113. The maximum atomic E-state index is 12.7. The molecule has 1 aromatic carbocycles. The monoisotopic (exact) mass is 230 g/mol. The first kappa shape index (κ1) is 10.4. The molecule has 0 amide bonds. The van der Waals surface area contributed by atoms with E-state index in [1.807, 2.05) is 6.07 Å². The maximum Gasteiger partial charge on any atom is 0.586 e. The summed E-state index contributed by atoms with van der Waals surface area (Å²) in [7, 11) is -1.50. The second-order valence-electron chi connectivity index (χ2n) is 4.58. The molecule has 0 aromatic heterocycles. The van der Waals surface area contributed by atoms with Crippen molar-refractivity contribution in [1.82, 2.24) is 0 Å². The number of ether oxygens (including phenoxy) is 2. The zero-order valence-corrected chi connectivity index (χ0v) is 9.80. The van der Waals surface area contributed by atoms with Crippen molar-refractivity contribution in [1.29, 1.82) is 0 Å². The third-order valence-corrected chi connectivity index (χ3v) is 4.31. The number of benzene rings is 1. The molecule has 15 heavy (non-hydrogen) atoms. The Kier molecular flexibility index (Phi) is 2.04. The Morgan fingerprint density at radius 2 is 1.67 bits per heavy atom. The smallest absolute Gasteiger partial charge is 0.395 e. The summed E-state index contributed by atoms with van der Waals surface area (Å²) < 4.78 is 34.2. The number of rotatable bonds is 1. The van der Waals surface area contributed by atoms with Gasteiger partial charge in [-0.3, -0.25) is 0 Å². The van der Waals surface area contributed by atoms with E-state index in [0.717, 1.165) is 5.19 Å². The zero-order chi connectivity index (χ0) is 11.3. The SMILES string of the molecule is C[Si](C)(C)c1ccc2c(c1)OC(F)(F)O2. The van der Waals surface area contributed by atoms with E-state index >= 15 is 0 Å². The predicted octanol–water partition coefficient (Wildman–Crippen LogP) is 2.55. The van der Waals surface area contributed by atoms with Crippen molar-refractivity contribution in [2.75, 3.05) is 0 Å². The van der Waals surface area contributed by atoms with Crippen molar-refractivity contribution in [3.63, 3.8) is 0 Å². The number of hydrogen-bond donors (Lipinski definition) is 0. The molecule has 2 nitrogen and oxygen atoms in total. The fraction of sp³-hybridized carbons (Fsp3) is 0.400. The molecule has 5 heteroatoms. The Bertz CT molecular complexity index is 399. The molecule has 0 saturated carbocycles. The molecule has 1 heterocycles. The lowest BCUT2D eigenvalue weighted by Crippen LogP contribution is -2.37. The topological polar surface area (TPSA) is 18.5 Å². The van der Waals surface area contributed by atoms with E-state index in [1.165, 1.54) is 0 Å². The van der Waals surface area contributed by atoms with Crippen LogP contribution in [0.1, 0.15) is 0 Å². The highest BCUT2D eigenvalue weighted by atomic mass is 28.3. The Morgan fingerprint density at radius 1 is 1.07 bits per heavy atom. The highest BCUT2D eigenvalue weighted by molar-refractivity contribution is 6.88. The highest BCUT2D eigenvalue weighted by Gasteiger charge is 2.43. The van der Waals surface area contributed by atoms with E-state index in [2.05, 4.69) is 29.1 Å². The number of halogens is 2. The second kappa shape index (κ2) is 2.94. The van der Waals surface area contributed by atoms with Gasteiger partial charge in [0.15, 0.2) is 11.5 Å². The molecule has 0 radical (unpaired) electrons. The quantitative estimate of drug-likeness (QED) is 0.690. The molecule has 0 unspecified atom stereocenters. The van der Waals surface area contributed by atoms with Crippen LogP contribution in [-0.2, 0) is 0 Å². The van der Waals surface area contributed by atoms with Gasteiger partial charge in [-0.25, -0.2) is 0 Å². The van der Waals surface area contributed by atoms with Crippen LogP contribution < -0.4 is 14.7 Å². The number of alkyl halides is 2. The molecule has 1 aliphatic heterocycles. The first-order valence-corrected chi connectivity index (χ1v) is 8.18. The third kappa shape index (κ3) is 1.97. The summed E-state index contributed by atoms with van der Waals surface area (Å²) in [5, 5.41) is 1.07. The summed E-state index contributed by atoms with van der Waals surface area (Å²) in [4.78, 5) is 0. The minimum Gasteiger partial charge on any atom is -0.395 e. The van der Waals surface area contributed by atoms with Gasteiger partial charge in [0.25, 0.3) is 0 Å². The van der Waals surface area contributed by atoms with Crippen LogP contribution in [0.25, 0.3) is 0 Å². The van der Waals surface area contributed by atoms with Gasteiger partial charge in [0.1, 0.15) is 0 Å². The van der Waals surface area contributed by atoms with Gasteiger partial charge >= 0.3 is 6.29 Å². The van der Waals surface area contributed by atoms with Gasteiger partial charge in [-0.1, -0.05) is 30.9 Å². The molecule has 0 atom stereocenters. The van der Waals surface area contributed by atoms with Gasteiger partial charge < -0.3 is 9.47 Å². The highest BCUT2D eigenvalue weighted by Crippen LogP contribution is 2.40. The van der Waals surface area contributed by atoms with E-state index in [4.69, 9.17) is 0 Å². The van der Waals surface area contributed by atoms with Crippen molar-refractivity contribution in [3.05, 3.63) is 18.2 Å². The summed E-state index contributed by atoms with van der Waals surface area (Å²) in [5.74, 6) is 0.252. The molecule has 82 valence electrons. The van der Waals surface area contributed by atoms with Crippen LogP contribution in [-0.4, -0.2) is 14.4 Å². The van der Waals surface area contributed by atoms with E-state index in [9.17, 15) is 8.78 Å². The Labute approximate surface area is 87.8 Å². The van der Waals surface area contributed by atoms with Crippen molar-refractivity contribution in [3.8, 4) is 11.5 Å². The summed E-state index contributed by atoms with van der Waals surface area (Å²) >= 11 is 0. The standard InChI is InChI=1S/C10H12F2O2Si/c1-15(2,3)7-4-5-8-9(6-7)14-10(11,12)13-8/h4-6H,1-3H3. The van der Waals surface area contributed by atoms with E-state index in [0.29, 0.717) is 0 Å². The second-order valence-corrected chi connectivity index (χ2v) is 9.66. The maximum absolute atomic E-state index is 12.7. The molecular formula is C10H12F2O2Si. The Balaban J connectivity index is 2.39. The lowest BCUT2D eigenvalue weighted by Gasteiger charge is -2.16. The number of hydrogen-bond acceptors (Lipinski definition) is 2. The molecule has 0 aliphatic carbocycles. The van der Waals surface area contributed by atoms with Crippen molar-refractivity contribution in [2.45, 2.75) is 25.9 Å². The molecular weight excluding hydrogens is 218 g/mol. The molecule has 0 N–H and O–H groups in total. The van der Waals surface area contributed by atoms with Gasteiger partial charge in [0.2, 0.25) is 0 Å². The molecule has 0 spiro atoms.